The molecule has 0 saturated carbocycles. The van der Waals surface area contributed by atoms with E-state index in [1.165, 1.54) is 0 Å². The van der Waals surface area contributed by atoms with Crippen LogP contribution in [0.1, 0.15) is 24.2 Å². The molecule has 3 N–H and O–H groups in total. The number of aromatic nitrogens is 1. The molecule has 0 aliphatic carbocycles. The van der Waals surface area contributed by atoms with Crippen molar-refractivity contribution in [2.45, 2.75) is 13.8 Å². The van der Waals surface area contributed by atoms with Gasteiger partial charge >= 0.3 is 0 Å². The third kappa shape index (κ3) is 3.67. The molecule has 0 aliphatic heterocycles. The van der Waals surface area contributed by atoms with Gasteiger partial charge < -0.3 is 16.0 Å². The molecule has 6 nitrogen and oxygen atoms in total. The van der Waals surface area contributed by atoms with E-state index >= 15 is 0 Å². The van der Waals surface area contributed by atoms with Crippen molar-refractivity contribution in [3.05, 3.63) is 23.9 Å². The Hall–Kier alpha value is -2.11. The van der Waals surface area contributed by atoms with Crippen LogP contribution in [0, 0.1) is 5.41 Å². The minimum Gasteiger partial charge on any atom is -0.372 e. The summed E-state index contributed by atoms with van der Waals surface area (Å²) in [6.07, 6.45) is 1.61. The van der Waals surface area contributed by atoms with Crippen LogP contribution in [0.5, 0.6) is 0 Å². The smallest absolute Gasteiger partial charge is 0.255 e. The predicted molar refractivity (Wildman–Crippen MR) is 74.0 cm³/mol. The van der Waals surface area contributed by atoms with E-state index in [9.17, 15) is 9.59 Å². The molecule has 19 heavy (non-hydrogen) atoms. The predicted octanol–water partition coefficient (Wildman–Crippen LogP) is 0.625. The van der Waals surface area contributed by atoms with Crippen LogP contribution >= 0.6 is 0 Å². The molecule has 0 spiro atoms. The van der Waals surface area contributed by atoms with Crippen molar-refractivity contribution in [2.75, 3.05) is 26.0 Å². The fourth-order valence-corrected chi connectivity index (χ4v) is 1.60. The summed E-state index contributed by atoms with van der Waals surface area (Å²) in [7, 11) is 3.28. The molecule has 1 heterocycles. The molecule has 1 aromatic rings. The fourth-order valence-electron chi connectivity index (χ4n) is 1.60. The van der Waals surface area contributed by atoms with Gasteiger partial charge in [0.25, 0.3) is 5.91 Å². The zero-order valence-corrected chi connectivity index (χ0v) is 11.7. The molecule has 2 amide bonds. The lowest BCUT2D eigenvalue weighted by Crippen LogP contribution is -2.43. The van der Waals surface area contributed by atoms with Gasteiger partial charge in [0.05, 0.1) is 11.0 Å². The molecule has 0 aromatic carbocycles. The van der Waals surface area contributed by atoms with Crippen LogP contribution in [0.3, 0.4) is 0 Å². The van der Waals surface area contributed by atoms with Crippen LogP contribution in [0.15, 0.2) is 18.3 Å². The molecule has 0 atom stereocenters. The first kappa shape index (κ1) is 14.9. The highest BCUT2D eigenvalue weighted by atomic mass is 16.2. The molecule has 1 rings (SSSR count). The van der Waals surface area contributed by atoms with Crippen LogP contribution in [0.2, 0.25) is 0 Å². The third-order valence-corrected chi connectivity index (χ3v) is 2.82. The second-order valence-electron chi connectivity index (χ2n) is 4.80. The summed E-state index contributed by atoms with van der Waals surface area (Å²) in [6, 6.07) is 3.38. The van der Waals surface area contributed by atoms with Crippen molar-refractivity contribution in [1.82, 2.24) is 15.6 Å². The normalized spacial score (nSPS) is 10.7. The summed E-state index contributed by atoms with van der Waals surface area (Å²) < 4.78 is 0. The number of nitrogens with one attached hydrogen (secondary N) is 3. The number of amides is 2. The van der Waals surface area contributed by atoms with E-state index in [-0.39, 0.29) is 18.4 Å². The molecule has 0 aliphatic rings. The first-order chi connectivity index (χ1) is 8.92. The van der Waals surface area contributed by atoms with Crippen LogP contribution in [-0.4, -0.2) is 37.4 Å². The maximum Gasteiger partial charge on any atom is 0.255 e. The van der Waals surface area contributed by atoms with Gasteiger partial charge in [-0.25, -0.2) is 4.98 Å². The van der Waals surface area contributed by atoms with Gasteiger partial charge in [0, 0.05) is 26.8 Å². The topological polar surface area (TPSA) is 83.1 Å². The van der Waals surface area contributed by atoms with Crippen LogP contribution in [-0.2, 0) is 4.79 Å². The summed E-state index contributed by atoms with van der Waals surface area (Å²) in [6.45, 7) is 3.80. The summed E-state index contributed by atoms with van der Waals surface area (Å²) >= 11 is 0. The number of carbonyl (C=O) groups excluding carboxylic acids is 2. The van der Waals surface area contributed by atoms with Gasteiger partial charge in [0.1, 0.15) is 5.82 Å². The van der Waals surface area contributed by atoms with Crippen molar-refractivity contribution >= 4 is 17.6 Å². The average molecular weight is 264 g/mol. The van der Waals surface area contributed by atoms with E-state index in [2.05, 4.69) is 20.9 Å². The van der Waals surface area contributed by atoms with E-state index < -0.39 is 5.41 Å². The molecule has 6 heteroatoms. The Morgan fingerprint density at radius 2 is 2.00 bits per heavy atom. The van der Waals surface area contributed by atoms with Gasteiger partial charge in [-0.15, -0.1) is 0 Å². The SMILES string of the molecule is CNC(=O)C(C)(C)CNC(=O)c1cccnc1NC. The highest BCUT2D eigenvalue weighted by Gasteiger charge is 2.27. The third-order valence-electron chi connectivity index (χ3n) is 2.82. The van der Waals surface area contributed by atoms with Gasteiger partial charge in [-0.3, -0.25) is 9.59 Å². The Kier molecular flexibility index (Phi) is 4.86. The molecular formula is C13H20N4O2. The van der Waals surface area contributed by atoms with Crippen molar-refractivity contribution in [1.29, 1.82) is 0 Å². The number of rotatable bonds is 5. The Bertz CT molecular complexity index is 471. The maximum atomic E-state index is 12.1. The van der Waals surface area contributed by atoms with Crippen LogP contribution in [0.25, 0.3) is 0 Å². The molecule has 0 saturated heterocycles. The first-order valence-corrected chi connectivity index (χ1v) is 6.05. The number of nitrogens with zero attached hydrogens (tertiary/aromatic N) is 1. The lowest BCUT2D eigenvalue weighted by molar-refractivity contribution is -0.128. The lowest BCUT2D eigenvalue weighted by atomic mass is 9.92. The number of pyridine rings is 1. The standard InChI is InChI=1S/C13H20N4O2/c1-13(2,12(19)15-4)8-17-11(18)9-6-5-7-16-10(9)14-3/h5-7H,8H2,1-4H3,(H,14,16)(H,15,19)(H,17,18). The van der Waals surface area contributed by atoms with E-state index in [1.54, 1.807) is 46.3 Å². The Labute approximate surface area is 113 Å². The largest absolute Gasteiger partial charge is 0.372 e. The Morgan fingerprint density at radius 3 is 2.58 bits per heavy atom. The molecular weight excluding hydrogens is 244 g/mol. The number of carbonyl (C=O) groups is 2. The number of hydrogen-bond donors (Lipinski definition) is 3. The van der Waals surface area contributed by atoms with Crippen molar-refractivity contribution in [3.63, 3.8) is 0 Å². The maximum absolute atomic E-state index is 12.1. The summed E-state index contributed by atoms with van der Waals surface area (Å²) in [4.78, 5) is 27.7. The lowest BCUT2D eigenvalue weighted by Gasteiger charge is -2.23. The minimum atomic E-state index is -0.660. The van der Waals surface area contributed by atoms with E-state index in [1.807, 2.05) is 0 Å². The van der Waals surface area contributed by atoms with E-state index in [0.717, 1.165) is 0 Å². The van der Waals surface area contributed by atoms with Gasteiger partial charge in [-0.2, -0.15) is 0 Å². The van der Waals surface area contributed by atoms with Crippen LogP contribution in [0.4, 0.5) is 5.82 Å². The second kappa shape index (κ2) is 6.17. The van der Waals surface area contributed by atoms with Gasteiger partial charge in [-0.05, 0) is 26.0 Å². The van der Waals surface area contributed by atoms with Gasteiger partial charge in [-0.1, -0.05) is 0 Å². The fraction of sp³-hybridized carbons (Fsp3) is 0.462. The summed E-state index contributed by atoms with van der Waals surface area (Å²) in [5, 5.41) is 8.18. The quantitative estimate of drug-likeness (QED) is 0.728. The molecule has 0 unspecified atom stereocenters. The molecule has 0 fully saturated rings. The van der Waals surface area contributed by atoms with E-state index in [0.29, 0.717) is 11.4 Å². The van der Waals surface area contributed by atoms with Crippen LogP contribution < -0.4 is 16.0 Å². The first-order valence-electron chi connectivity index (χ1n) is 6.05. The molecule has 104 valence electrons. The summed E-state index contributed by atoms with van der Waals surface area (Å²) in [5.74, 6) is 0.139. The molecule has 1 aromatic heterocycles. The zero-order valence-electron chi connectivity index (χ0n) is 11.7. The zero-order chi connectivity index (χ0) is 14.5. The number of anilines is 1. The van der Waals surface area contributed by atoms with Crippen molar-refractivity contribution in [3.8, 4) is 0 Å². The summed E-state index contributed by atoms with van der Waals surface area (Å²) in [5.41, 5.74) is -0.204. The monoisotopic (exact) mass is 264 g/mol. The average Bonchev–Trinajstić information content (AvgIpc) is 2.43. The number of hydrogen-bond acceptors (Lipinski definition) is 4. The van der Waals surface area contributed by atoms with Crippen molar-refractivity contribution < 1.29 is 9.59 Å². The highest BCUT2D eigenvalue weighted by molar-refractivity contribution is 5.99. The minimum absolute atomic E-state index is 0.118. The van der Waals surface area contributed by atoms with E-state index in [4.69, 9.17) is 0 Å². The van der Waals surface area contributed by atoms with Crippen molar-refractivity contribution in [2.24, 2.45) is 5.41 Å². The second-order valence-corrected chi connectivity index (χ2v) is 4.80. The van der Waals surface area contributed by atoms with Gasteiger partial charge in [0.2, 0.25) is 5.91 Å². The Morgan fingerprint density at radius 1 is 1.32 bits per heavy atom. The van der Waals surface area contributed by atoms with Gasteiger partial charge in [0.15, 0.2) is 0 Å². The highest BCUT2D eigenvalue weighted by Crippen LogP contribution is 2.15. The Balaban J connectivity index is 2.73. The molecule has 0 bridgehead atoms. The molecule has 0 radical (unpaired) electrons.